The van der Waals surface area contributed by atoms with Gasteiger partial charge in [0.2, 0.25) is 0 Å². The van der Waals surface area contributed by atoms with E-state index in [4.69, 9.17) is 0 Å². The second-order valence-electron chi connectivity index (χ2n) is 4.40. The van der Waals surface area contributed by atoms with Crippen molar-refractivity contribution in [2.24, 2.45) is 0 Å². The third-order valence-electron chi connectivity index (χ3n) is 3.17. The number of para-hydroxylation sites is 1. The lowest BCUT2D eigenvalue weighted by Gasteiger charge is -2.18. The summed E-state index contributed by atoms with van der Waals surface area (Å²) in [4.78, 5) is 13.8. The minimum atomic E-state index is -0.220. The van der Waals surface area contributed by atoms with Gasteiger partial charge in [0.05, 0.1) is 5.56 Å². The first-order valence-electron chi connectivity index (χ1n) is 6.28. The molecule has 0 spiro atoms. The second-order valence-corrected chi connectivity index (χ2v) is 4.40. The lowest BCUT2D eigenvalue weighted by atomic mass is 10.1. The highest BCUT2D eigenvalue weighted by Crippen LogP contribution is 2.21. The van der Waals surface area contributed by atoms with Gasteiger partial charge in [0, 0.05) is 12.7 Å². The number of amides is 1. The van der Waals surface area contributed by atoms with Crippen molar-refractivity contribution in [3.63, 3.8) is 0 Å². The van der Waals surface area contributed by atoms with Crippen LogP contribution in [0.1, 0.15) is 22.8 Å². The fourth-order valence-corrected chi connectivity index (χ4v) is 1.91. The first kappa shape index (κ1) is 13.1. The Morgan fingerprint density at radius 1 is 1.11 bits per heavy atom. The molecule has 0 saturated heterocycles. The highest BCUT2D eigenvalue weighted by Gasteiger charge is 2.16. The molecule has 0 saturated carbocycles. The highest BCUT2D eigenvalue weighted by atomic mass is 16.3. The monoisotopic (exact) mass is 255 g/mol. The summed E-state index contributed by atoms with van der Waals surface area (Å²) in [6, 6.07) is 14.4. The molecule has 0 aliphatic rings. The standard InChI is InChI=1S/C16H17NO2/c1-3-12-8-10-13(11-9-12)17(2)16(19)14-6-4-5-7-15(14)18/h4-11,18H,3H2,1-2H3. The van der Waals surface area contributed by atoms with Crippen molar-refractivity contribution in [3.05, 3.63) is 59.7 Å². The van der Waals surface area contributed by atoms with Gasteiger partial charge < -0.3 is 10.0 Å². The van der Waals surface area contributed by atoms with Crippen LogP contribution in [0.2, 0.25) is 0 Å². The van der Waals surface area contributed by atoms with Gasteiger partial charge in [-0.15, -0.1) is 0 Å². The van der Waals surface area contributed by atoms with Gasteiger partial charge in [0.1, 0.15) is 5.75 Å². The Morgan fingerprint density at radius 3 is 2.32 bits per heavy atom. The summed E-state index contributed by atoms with van der Waals surface area (Å²) in [5.41, 5.74) is 2.35. The number of carbonyl (C=O) groups is 1. The number of carbonyl (C=O) groups excluding carboxylic acids is 1. The van der Waals surface area contributed by atoms with Crippen LogP contribution in [-0.4, -0.2) is 18.1 Å². The number of anilines is 1. The molecule has 1 amide bonds. The summed E-state index contributed by atoms with van der Waals surface area (Å²) in [7, 11) is 1.70. The molecule has 0 radical (unpaired) electrons. The van der Waals surface area contributed by atoms with Crippen molar-refractivity contribution in [2.45, 2.75) is 13.3 Å². The number of rotatable bonds is 3. The Bertz CT molecular complexity index is 576. The number of phenols is 1. The number of hydrogen-bond acceptors (Lipinski definition) is 2. The van der Waals surface area contributed by atoms with Crippen LogP contribution >= 0.6 is 0 Å². The van der Waals surface area contributed by atoms with Crippen LogP contribution in [0.15, 0.2) is 48.5 Å². The fourth-order valence-electron chi connectivity index (χ4n) is 1.91. The molecule has 0 fully saturated rings. The molecule has 2 rings (SSSR count). The Labute approximate surface area is 113 Å². The van der Waals surface area contributed by atoms with Crippen molar-refractivity contribution >= 4 is 11.6 Å². The van der Waals surface area contributed by atoms with E-state index in [-0.39, 0.29) is 11.7 Å². The molecule has 0 aliphatic heterocycles. The largest absolute Gasteiger partial charge is 0.507 e. The lowest BCUT2D eigenvalue weighted by molar-refractivity contribution is 0.0990. The summed E-state index contributed by atoms with van der Waals surface area (Å²) in [6.07, 6.45) is 0.970. The molecular weight excluding hydrogens is 238 g/mol. The Balaban J connectivity index is 2.26. The van der Waals surface area contributed by atoms with Gasteiger partial charge in [-0.25, -0.2) is 0 Å². The molecule has 0 aromatic heterocycles. The number of benzene rings is 2. The normalized spacial score (nSPS) is 10.2. The highest BCUT2D eigenvalue weighted by molar-refractivity contribution is 6.07. The van der Waals surface area contributed by atoms with Gasteiger partial charge in [0.25, 0.3) is 5.91 Å². The molecule has 98 valence electrons. The van der Waals surface area contributed by atoms with Crippen LogP contribution in [0.5, 0.6) is 5.75 Å². The van der Waals surface area contributed by atoms with E-state index in [9.17, 15) is 9.90 Å². The zero-order chi connectivity index (χ0) is 13.8. The van der Waals surface area contributed by atoms with Crippen molar-refractivity contribution in [2.75, 3.05) is 11.9 Å². The predicted molar refractivity (Wildman–Crippen MR) is 76.7 cm³/mol. The lowest BCUT2D eigenvalue weighted by Crippen LogP contribution is -2.26. The quantitative estimate of drug-likeness (QED) is 0.914. The van der Waals surface area contributed by atoms with Crippen molar-refractivity contribution in [1.29, 1.82) is 0 Å². The average Bonchev–Trinajstić information content (AvgIpc) is 2.46. The SMILES string of the molecule is CCc1ccc(N(C)C(=O)c2ccccc2O)cc1. The van der Waals surface area contributed by atoms with Gasteiger partial charge in [-0.05, 0) is 36.2 Å². The zero-order valence-electron chi connectivity index (χ0n) is 11.1. The minimum absolute atomic E-state index is 0.00419. The van der Waals surface area contributed by atoms with E-state index >= 15 is 0 Å². The summed E-state index contributed by atoms with van der Waals surface area (Å²) >= 11 is 0. The van der Waals surface area contributed by atoms with Crippen LogP contribution in [0, 0.1) is 0 Å². The minimum Gasteiger partial charge on any atom is -0.507 e. The molecule has 3 heteroatoms. The maximum atomic E-state index is 12.3. The molecule has 2 aromatic rings. The summed E-state index contributed by atoms with van der Waals surface area (Å²) < 4.78 is 0. The van der Waals surface area contributed by atoms with E-state index < -0.39 is 0 Å². The number of aryl methyl sites for hydroxylation is 1. The van der Waals surface area contributed by atoms with E-state index in [0.29, 0.717) is 5.56 Å². The van der Waals surface area contributed by atoms with Crippen LogP contribution in [-0.2, 0) is 6.42 Å². The number of aromatic hydroxyl groups is 1. The molecule has 0 heterocycles. The maximum absolute atomic E-state index is 12.3. The van der Waals surface area contributed by atoms with Gasteiger partial charge in [-0.1, -0.05) is 31.2 Å². The summed E-state index contributed by atoms with van der Waals surface area (Å²) in [6.45, 7) is 2.09. The molecule has 2 aromatic carbocycles. The van der Waals surface area contributed by atoms with E-state index in [1.165, 1.54) is 16.5 Å². The van der Waals surface area contributed by atoms with Gasteiger partial charge in [0.15, 0.2) is 0 Å². The maximum Gasteiger partial charge on any atom is 0.261 e. The average molecular weight is 255 g/mol. The number of phenolic OH excluding ortho intramolecular Hbond substituents is 1. The third kappa shape index (κ3) is 2.76. The smallest absolute Gasteiger partial charge is 0.261 e. The molecule has 0 aliphatic carbocycles. The first-order valence-corrected chi connectivity index (χ1v) is 6.28. The van der Waals surface area contributed by atoms with E-state index in [0.717, 1.165) is 12.1 Å². The molecule has 1 N–H and O–H groups in total. The van der Waals surface area contributed by atoms with Crippen LogP contribution in [0.4, 0.5) is 5.69 Å². The van der Waals surface area contributed by atoms with Crippen molar-refractivity contribution < 1.29 is 9.90 Å². The molecule has 3 nitrogen and oxygen atoms in total. The molecule has 0 atom stereocenters. The zero-order valence-corrected chi connectivity index (χ0v) is 11.1. The third-order valence-corrected chi connectivity index (χ3v) is 3.17. The fraction of sp³-hybridized carbons (Fsp3) is 0.188. The number of nitrogens with zero attached hydrogens (tertiary/aromatic N) is 1. The topological polar surface area (TPSA) is 40.5 Å². The van der Waals surface area contributed by atoms with E-state index in [2.05, 4.69) is 6.92 Å². The molecule has 0 unspecified atom stereocenters. The Hall–Kier alpha value is -2.29. The number of hydrogen-bond donors (Lipinski definition) is 1. The predicted octanol–water partition coefficient (Wildman–Crippen LogP) is 3.23. The van der Waals surface area contributed by atoms with Crippen LogP contribution < -0.4 is 4.90 Å². The molecular formula is C16H17NO2. The van der Waals surface area contributed by atoms with E-state index in [1.807, 2.05) is 24.3 Å². The molecule has 0 bridgehead atoms. The van der Waals surface area contributed by atoms with Crippen LogP contribution in [0.25, 0.3) is 0 Å². The van der Waals surface area contributed by atoms with Crippen molar-refractivity contribution in [3.8, 4) is 5.75 Å². The molecule has 19 heavy (non-hydrogen) atoms. The van der Waals surface area contributed by atoms with Gasteiger partial charge >= 0.3 is 0 Å². The van der Waals surface area contributed by atoms with Gasteiger partial charge in [-0.3, -0.25) is 4.79 Å². The summed E-state index contributed by atoms with van der Waals surface area (Å²) in [5.74, 6) is -0.216. The van der Waals surface area contributed by atoms with Crippen LogP contribution in [0.3, 0.4) is 0 Å². The Kier molecular flexibility index (Phi) is 3.85. The van der Waals surface area contributed by atoms with E-state index in [1.54, 1.807) is 25.2 Å². The summed E-state index contributed by atoms with van der Waals surface area (Å²) in [5, 5.41) is 9.71. The second kappa shape index (κ2) is 5.57. The van der Waals surface area contributed by atoms with Gasteiger partial charge in [-0.2, -0.15) is 0 Å². The Morgan fingerprint density at radius 2 is 1.74 bits per heavy atom. The van der Waals surface area contributed by atoms with Crippen molar-refractivity contribution in [1.82, 2.24) is 0 Å². The first-order chi connectivity index (χ1) is 9.13.